The lowest BCUT2D eigenvalue weighted by atomic mass is 10.2. The van der Waals surface area contributed by atoms with Gasteiger partial charge in [-0.1, -0.05) is 0 Å². The molecular formula is C6H8F3O2. The number of rotatable bonds is 2. The maximum absolute atomic E-state index is 11.4. The number of halogens is 3. The van der Waals surface area contributed by atoms with E-state index in [2.05, 4.69) is 4.74 Å². The summed E-state index contributed by atoms with van der Waals surface area (Å²) < 4.78 is 42.6. The van der Waals surface area contributed by atoms with Gasteiger partial charge in [0.15, 0.2) is 0 Å². The molecule has 0 aromatic rings. The second-order valence-electron chi connectivity index (χ2n) is 2.26. The Morgan fingerprint density at radius 3 is 2.73 bits per heavy atom. The Bertz CT molecular complexity index is 117. The lowest BCUT2D eigenvalue weighted by Crippen LogP contribution is -2.22. The van der Waals surface area contributed by atoms with Gasteiger partial charge >= 0.3 is 6.36 Å². The van der Waals surface area contributed by atoms with E-state index in [-0.39, 0.29) is 0 Å². The predicted molar refractivity (Wildman–Crippen MR) is 30.4 cm³/mol. The third-order valence-corrected chi connectivity index (χ3v) is 1.33. The zero-order valence-electron chi connectivity index (χ0n) is 5.73. The molecule has 0 aromatic carbocycles. The molecule has 2 nitrogen and oxygen atoms in total. The van der Waals surface area contributed by atoms with Crippen molar-refractivity contribution >= 4 is 0 Å². The lowest BCUT2D eigenvalue weighted by Gasteiger charge is -2.11. The molecule has 0 amide bonds. The van der Waals surface area contributed by atoms with E-state index in [9.17, 15) is 13.2 Å². The molecule has 1 aliphatic rings. The monoisotopic (exact) mass is 169 g/mol. The van der Waals surface area contributed by atoms with Gasteiger partial charge < -0.3 is 4.74 Å². The summed E-state index contributed by atoms with van der Waals surface area (Å²) in [7, 11) is 0. The Morgan fingerprint density at radius 1 is 1.55 bits per heavy atom. The minimum Gasteiger partial charge on any atom is -0.370 e. The standard InChI is InChI=1S/C6H8F3O2/c7-6(8,9)11-4-5-2-1-3-10-5/h3,5H,1-2,4H2. The topological polar surface area (TPSA) is 18.5 Å². The normalized spacial score (nSPS) is 25.9. The van der Waals surface area contributed by atoms with Gasteiger partial charge in [0.05, 0.1) is 19.3 Å². The molecule has 11 heavy (non-hydrogen) atoms. The molecule has 0 N–H and O–H groups in total. The largest absolute Gasteiger partial charge is 0.522 e. The summed E-state index contributed by atoms with van der Waals surface area (Å²) in [4.78, 5) is 0. The molecule has 1 radical (unpaired) electrons. The van der Waals surface area contributed by atoms with Crippen LogP contribution in [0.15, 0.2) is 0 Å². The second kappa shape index (κ2) is 3.40. The van der Waals surface area contributed by atoms with Crippen LogP contribution in [0.1, 0.15) is 12.8 Å². The number of ether oxygens (including phenoxy) is 2. The molecule has 65 valence electrons. The molecule has 1 atom stereocenters. The van der Waals surface area contributed by atoms with Gasteiger partial charge in [0.2, 0.25) is 0 Å². The summed E-state index contributed by atoms with van der Waals surface area (Å²) in [6.07, 6.45) is -3.65. The number of hydrogen-bond donors (Lipinski definition) is 0. The van der Waals surface area contributed by atoms with E-state index in [1.54, 1.807) is 0 Å². The van der Waals surface area contributed by atoms with Gasteiger partial charge in [-0.05, 0) is 12.8 Å². The third kappa shape index (κ3) is 3.57. The van der Waals surface area contributed by atoms with Crippen LogP contribution in [0, 0.1) is 6.61 Å². The van der Waals surface area contributed by atoms with Gasteiger partial charge in [-0.3, -0.25) is 4.74 Å². The van der Waals surface area contributed by atoms with Crippen molar-refractivity contribution < 1.29 is 22.6 Å². The zero-order valence-corrected chi connectivity index (χ0v) is 5.73. The van der Waals surface area contributed by atoms with Crippen molar-refractivity contribution in [2.75, 3.05) is 6.61 Å². The Hall–Kier alpha value is -0.290. The van der Waals surface area contributed by atoms with Crippen LogP contribution in [0.2, 0.25) is 0 Å². The molecular weight excluding hydrogens is 161 g/mol. The molecule has 1 aliphatic heterocycles. The Labute approximate surface area is 62.3 Å². The fourth-order valence-corrected chi connectivity index (χ4v) is 0.836. The van der Waals surface area contributed by atoms with Crippen LogP contribution in [-0.4, -0.2) is 19.1 Å². The van der Waals surface area contributed by atoms with E-state index in [1.165, 1.54) is 6.61 Å². The smallest absolute Gasteiger partial charge is 0.370 e. The SMILES string of the molecule is FC(F)(F)OCC1CC[CH]O1. The van der Waals surface area contributed by atoms with Crippen molar-refractivity contribution in [3.8, 4) is 0 Å². The van der Waals surface area contributed by atoms with Gasteiger partial charge in [-0.25, -0.2) is 0 Å². The highest BCUT2D eigenvalue weighted by Crippen LogP contribution is 2.21. The third-order valence-electron chi connectivity index (χ3n) is 1.33. The summed E-state index contributed by atoms with van der Waals surface area (Å²) in [5.74, 6) is 0. The van der Waals surface area contributed by atoms with E-state index in [0.29, 0.717) is 12.8 Å². The van der Waals surface area contributed by atoms with E-state index >= 15 is 0 Å². The molecule has 5 heteroatoms. The van der Waals surface area contributed by atoms with Gasteiger partial charge in [0.1, 0.15) is 0 Å². The molecule has 0 spiro atoms. The Balaban J connectivity index is 2.11. The first-order valence-corrected chi connectivity index (χ1v) is 3.26. The fraction of sp³-hybridized carbons (Fsp3) is 0.833. The van der Waals surface area contributed by atoms with E-state index in [0.717, 1.165) is 0 Å². The summed E-state index contributed by atoms with van der Waals surface area (Å²) in [5, 5.41) is 0. The van der Waals surface area contributed by atoms with Crippen LogP contribution in [0.25, 0.3) is 0 Å². The maximum atomic E-state index is 11.4. The van der Waals surface area contributed by atoms with E-state index in [1.807, 2.05) is 0 Å². The zero-order chi connectivity index (χ0) is 8.32. The minimum absolute atomic E-state index is 0.403. The molecule has 1 saturated heterocycles. The highest BCUT2D eigenvalue weighted by atomic mass is 19.4. The summed E-state index contributed by atoms with van der Waals surface area (Å²) in [5.41, 5.74) is 0. The van der Waals surface area contributed by atoms with Crippen molar-refractivity contribution in [3.05, 3.63) is 6.61 Å². The summed E-state index contributed by atoms with van der Waals surface area (Å²) >= 11 is 0. The Morgan fingerprint density at radius 2 is 2.27 bits per heavy atom. The van der Waals surface area contributed by atoms with Gasteiger partial charge in [-0.15, -0.1) is 13.2 Å². The quantitative estimate of drug-likeness (QED) is 0.628. The molecule has 0 bridgehead atoms. The van der Waals surface area contributed by atoms with Crippen LogP contribution < -0.4 is 0 Å². The van der Waals surface area contributed by atoms with E-state index in [4.69, 9.17) is 4.74 Å². The summed E-state index contributed by atoms with van der Waals surface area (Å²) in [6.45, 7) is 1.10. The molecule has 0 aromatic heterocycles. The van der Waals surface area contributed by atoms with E-state index < -0.39 is 19.1 Å². The lowest BCUT2D eigenvalue weighted by molar-refractivity contribution is -0.330. The van der Waals surface area contributed by atoms with Gasteiger partial charge in [-0.2, -0.15) is 0 Å². The van der Waals surface area contributed by atoms with Crippen LogP contribution in [0.3, 0.4) is 0 Å². The van der Waals surface area contributed by atoms with Crippen LogP contribution in [-0.2, 0) is 9.47 Å². The minimum atomic E-state index is -4.54. The average molecular weight is 169 g/mol. The molecule has 1 heterocycles. The molecule has 1 rings (SSSR count). The first-order chi connectivity index (χ1) is 5.08. The summed E-state index contributed by atoms with van der Waals surface area (Å²) in [6, 6.07) is 0. The first-order valence-electron chi connectivity index (χ1n) is 3.26. The molecule has 0 aliphatic carbocycles. The molecule has 1 unspecified atom stereocenters. The van der Waals surface area contributed by atoms with Gasteiger partial charge in [0.25, 0.3) is 0 Å². The Kier molecular flexibility index (Phi) is 2.72. The highest BCUT2D eigenvalue weighted by molar-refractivity contribution is 4.70. The van der Waals surface area contributed by atoms with Crippen LogP contribution >= 0.6 is 0 Å². The van der Waals surface area contributed by atoms with Crippen molar-refractivity contribution in [1.82, 2.24) is 0 Å². The fourth-order valence-electron chi connectivity index (χ4n) is 0.836. The van der Waals surface area contributed by atoms with Gasteiger partial charge in [0, 0.05) is 0 Å². The molecule has 1 fully saturated rings. The van der Waals surface area contributed by atoms with Crippen molar-refractivity contribution in [3.63, 3.8) is 0 Å². The van der Waals surface area contributed by atoms with Crippen LogP contribution in [0.4, 0.5) is 13.2 Å². The van der Waals surface area contributed by atoms with Crippen molar-refractivity contribution in [2.45, 2.75) is 25.3 Å². The first kappa shape index (κ1) is 8.80. The average Bonchev–Trinajstić information content (AvgIpc) is 2.32. The maximum Gasteiger partial charge on any atom is 0.522 e. The van der Waals surface area contributed by atoms with Crippen molar-refractivity contribution in [1.29, 1.82) is 0 Å². The number of alkyl halides is 3. The second-order valence-corrected chi connectivity index (χ2v) is 2.26. The molecule has 0 saturated carbocycles. The predicted octanol–water partition coefficient (Wildman–Crippen LogP) is 1.86. The van der Waals surface area contributed by atoms with Crippen LogP contribution in [0.5, 0.6) is 0 Å². The highest BCUT2D eigenvalue weighted by Gasteiger charge is 2.31. The number of hydrogen-bond acceptors (Lipinski definition) is 2. The van der Waals surface area contributed by atoms with Crippen molar-refractivity contribution in [2.24, 2.45) is 0 Å².